The highest BCUT2D eigenvalue weighted by Gasteiger charge is 2.36. The van der Waals surface area contributed by atoms with E-state index in [-0.39, 0.29) is 58.1 Å². The molecule has 0 aromatic heterocycles. The summed E-state index contributed by atoms with van der Waals surface area (Å²) in [5.41, 5.74) is -0.549. The lowest BCUT2D eigenvalue weighted by Gasteiger charge is -2.28. The Balaban J connectivity index is 0.000000562. The van der Waals surface area contributed by atoms with Crippen LogP contribution in [0.1, 0.15) is 75.5 Å². The van der Waals surface area contributed by atoms with Crippen LogP contribution in [0, 0.1) is 0 Å². The number of rotatable bonds is 30. The molecule has 4 unspecified atom stereocenters. The molecule has 0 fully saturated rings. The van der Waals surface area contributed by atoms with Gasteiger partial charge in [-0.25, -0.2) is 19.2 Å². The Kier molecular flexibility index (Phi) is 26.8. The van der Waals surface area contributed by atoms with E-state index in [1.165, 1.54) is 74.5 Å². The lowest BCUT2D eigenvalue weighted by Crippen LogP contribution is -2.28. The van der Waals surface area contributed by atoms with Crippen LogP contribution in [0.3, 0.4) is 0 Å². The summed E-state index contributed by atoms with van der Waals surface area (Å²) in [6.07, 6.45) is -2.62. The maximum absolute atomic E-state index is 12.4. The van der Waals surface area contributed by atoms with Gasteiger partial charge in [0.15, 0.2) is 11.7 Å². The second-order valence-electron chi connectivity index (χ2n) is 17.6. The minimum Gasteiger partial charge on any atom is -0.490 e. The Morgan fingerprint density at radius 3 is 1.09 bits per heavy atom. The van der Waals surface area contributed by atoms with Crippen molar-refractivity contribution in [2.24, 2.45) is 0 Å². The highest BCUT2D eigenvalue weighted by molar-refractivity contribution is 7.60. The molecule has 0 saturated carbocycles. The number of hydrogen-bond donors (Lipinski definition) is 10. The van der Waals surface area contributed by atoms with Gasteiger partial charge >= 0.3 is 54.3 Å². The van der Waals surface area contributed by atoms with Crippen LogP contribution < -0.4 is 20.1 Å². The number of aliphatic hydroxyl groups excluding tert-OH is 2. The lowest BCUT2D eigenvalue weighted by molar-refractivity contribution is -0.143. The summed E-state index contributed by atoms with van der Waals surface area (Å²) >= 11 is 0. The van der Waals surface area contributed by atoms with Crippen molar-refractivity contribution in [1.82, 2.24) is 0 Å². The molecular weight excluding hydrogens is 1130 g/mol. The van der Waals surface area contributed by atoms with Crippen molar-refractivity contribution in [3.05, 3.63) is 132 Å². The maximum Gasteiger partial charge on any atom is 0.359 e. The van der Waals surface area contributed by atoms with Crippen LogP contribution in [-0.4, -0.2) is 138 Å². The number of ether oxygens (including phenoxy) is 8. The number of hydrogen-bond acceptors (Lipinski definition) is 18. The van der Waals surface area contributed by atoms with Crippen molar-refractivity contribution in [2.45, 2.75) is 70.9 Å². The van der Waals surface area contributed by atoms with Crippen LogP contribution in [-0.2, 0) is 71.3 Å². The van der Waals surface area contributed by atoms with E-state index in [0.717, 1.165) is 0 Å². The number of esters is 4. The van der Waals surface area contributed by atoms with E-state index in [2.05, 4.69) is 26.3 Å². The van der Waals surface area contributed by atoms with Crippen molar-refractivity contribution >= 4 is 64.9 Å². The molecule has 0 spiro atoms. The van der Waals surface area contributed by atoms with Gasteiger partial charge in [0.25, 0.3) is 0 Å². The zero-order valence-corrected chi connectivity index (χ0v) is 47.4. The smallest absolute Gasteiger partial charge is 0.359 e. The molecule has 438 valence electrons. The number of benzene rings is 3. The van der Waals surface area contributed by atoms with E-state index in [4.69, 9.17) is 37.9 Å². The summed E-state index contributed by atoms with van der Waals surface area (Å²) in [5.74, 6) is -7.06. The summed E-state index contributed by atoms with van der Waals surface area (Å²) < 4.78 is 89.0. The van der Waals surface area contributed by atoms with E-state index in [1.54, 1.807) is 27.7 Å². The van der Waals surface area contributed by atoms with Gasteiger partial charge in [0.2, 0.25) is 0 Å². The van der Waals surface area contributed by atoms with Crippen molar-refractivity contribution in [3.63, 3.8) is 0 Å². The van der Waals surface area contributed by atoms with Crippen molar-refractivity contribution < 1.29 is 125 Å². The maximum atomic E-state index is 12.4. The summed E-state index contributed by atoms with van der Waals surface area (Å²) in [7, 11) is -19.6. The Bertz CT molecular complexity index is 2680. The molecule has 0 heterocycles. The van der Waals surface area contributed by atoms with Crippen molar-refractivity contribution in [2.75, 3.05) is 52.9 Å². The molecule has 4 atom stereocenters. The predicted octanol–water partition coefficient (Wildman–Crippen LogP) is 3.65. The van der Waals surface area contributed by atoms with Gasteiger partial charge < -0.3 is 87.3 Å². The third kappa shape index (κ3) is 22.5. The molecule has 0 aliphatic heterocycles. The average Bonchev–Trinajstić information content (AvgIpc) is 3.35. The molecule has 0 bridgehead atoms. The van der Waals surface area contributed by atoms with Gasteiger partial charge in [-0.2, -0.15) is 0 Å². The topological polar surface area (TPSA) is 413 Å². The molecule has 0 amide bonds. The van der Waals surface area contributed by atoms with Gasteiger partial charge in [-0.05, 0) is 74.2 Å². The molecular formula is C49H66O26P4. The highest BCUT2D eigenvalue weighted by atomic mass is 31.2. The largest absolute Gasteiger partial charge is 0.490 e. The molecule has 26 nitrogen and oxygen atoms in total. The minimum atomic E-state index is -4.94. The summed E-state index contributed by atoms with van der Waals surface area (Å²) in [5, 5.41) is 19.2. The Labute approximate surface area is 454 Å². The number of carbonyl (C=O) groups excluding carboxylic acids is 4. The fourth-order valence-corrected chi connectivity index (χ4v) is 9.41. The molecule has 0 aliphatic rings. The number of carbonyl (C=O) groups is 4. The predicted molar refractivity (Wildman–Crippen MR) is 282 cm³/mol. The molecule has 0 aliphatic carbocycles. The second-order valence-corrected chi connectivity index (χ2v) is 24.0. The zero-order chi connectivity index (χ0) is 60.4. The third-order valence-electron chi connectivity index (χ3n) is 10.4. The Morgan fingerprint density at radius 2 is 0.823 bits per heavy atom. The fraction of sp³-hybridized carbons (Fsp3) is 0.388. The molecule has 3 aromatic rings. The van der Waals surface area contributed by atoms with E-state index in [9.17, 15) is 86.8 Å². The normalized spacial score (nSPS) is 13.5. The van der Waals surface area contributed by atoms with Crippen molar-refractivity contribution in [3.8, 4) is 11.5 Å². The first kappa shape index (κ1) is 69.6. The van der Waals surface area contributed by atoms with Crippen LogP contribution in [0.4, 0.5) is 0 Å². The van der Waals surface area contributed by atoms with Gasteiger partial charge in [0.1, 0.15) is 60.7 Å². The molecule has 3 rings (SSSR count). The third-order valence-corrected chi connectivity index (χ3v) is 14.5. The van der Waals surface area contributed by atoms with E-state index >= 15 is 0 Å². The summed E-state index contributed by atoms with van der Waals surface area (Å²) in [4.78, 5) is 125. The standard InChI is InChI=1S/C29H38O14P2.C20H28O12P2/c1-17(2)27(32)42-15-21(30)13-40-23-9-7-19(11-25(23)44(34,35)36)29(5,6)20-8-10-24(26(12-20)45(37,38)39)41-14-22(31)16-43-28(33)18(3)4;1-5-29-17(21)13(3)11-31-19(33(23,24)25)15-7-9-16(10-8-15)20(34(26,27)28)32-12-14(4)18(22)30-6-2/h7-12,21-22,30-31H,1,3,13-16H2,2,4-6H3,(H2,34,35,36)(H2,37,38,39);7-10,19-20H,3-6,11-12H2,1-2H3,(H2,23,24,25)(H2,26,27,28). The van der Waals surface area contributed by atoms with Crippen LogP contribution in [0.25, 0.3) is 0 Å². The van der Waals surface area contributed by atoms with E-state index in [0.29, 0.717) is 11.1 Å². The molecule has 30 heteroatoms. The minimum absolute atomic E-state index is 0.0332. The van der Waals surface area contributed by atoms with E-state index in [1.807, 2.05) is 0 Å². The second kappa shape index (κ2) is 30.4. The highest BCUT2D eigenvalue weighted by Crippen LogP contribution is 2.55. The monoisotopic (exact) mass is 1190 g/mol. The summed E-state index contributed by atoms with van der Waals surface area (Å²) in [6, 6.07) is 12.6. The molecule has 3 aromatic carbocycles. The lowest BCUT2D eigenvalue weighted by atomic mass is 9.78. The first-order valence-corrected chi connectivity index (χ1v) is 29.8. The van der Waals surface area contributed by atoms with Gasteiger partial charge in [-0.3, -0.25) is 18.3 Å². The zero-order valence-electron chi connectivity index (χ0n) is 43.9. The van der Waals surface area contributed by atoms with Gasteiger partial charge in [0.05, 0.1) is 37.6 Å². The van der Waals surface area contributed by atoms with Crippen LogP contribution >= 0.6 is 30.4 Å². The fourth-order valence-electron chi connectivity index (χ4n) is 6.28. The van der Waals surface area contributed by atoms with Gasteiger partial charge in [-0.1, -0.05) is 76.6 Å². The van der Waals surface area contributed by atoms with Crippen LogP contribution in [0.2, 0.25) is 0 Å². The molecule has 10 N–H and O–H groups in total. The van der Waals surface area contributed by atoms with Gasteiger partial charge in [-0.15, -0.1) is 0 Å². The first-order valence-electron chi connectivity index (χ1n) is 23.2. The first-order chi connectivity index (χ1) is 36.4. The SMILES string of the molecule is C=C(C)C(=O)OCC(O)COc1ccc(C(C)(C)c2ccc(OCC(O)COC(=O)C(=C)C)c(P(=O)(O)O)c2)cc1P(=O)(O)O.C=C(COC(c1ccc(C(OCC(=C)C(=O)OCC)P(=O)(O)O)cc1)P(=O)(O)O)C(=O)OCC. The van der Waals surface area contributed by atoms with E-state index < -0.39 is 134 Å². The quantitative estimate of drug-likeness (QED) is 0.0197. The Morgan fingerprint density at radius 1 is 0.506 bits per heavy atom. The average molecular weight is 1190 g/mol. The summed E-state index contributed by atoms with van der Waals surface area (Å²) in [6.45, 7) is 20.4. The molecule has 79 heavy (non-hydrogen) atoms. The van der Waals surface area contributed by atoms with Crippen LogP contribution in [0.5, 0.6) is 11.5 Å². The van der Waals surface area contributed by atoms with Gasteiger partial charge in [0, 0.05) is 16.6 Å². The molecule has 0 radical (unpaired) electrons. The Hall–Kier alpha value is -5.46. The van der Waals surface area contributed by atoms with Crippen LogP contribution in [0.15, 0.2) is 109 Å². The van der Waals surface area contributed by atoms with Crippen molar-refractivity contribution in [1.29, 1.82) is 0 Å². The number of aliphatic hydroxyl groups is 2. The molecule has 0 saturated heterocycles.